The van der Waals surface area contributed by atoms with Crippen molar-refractivity contribution in [2.24, 2.45) is 0 Å². The van der Waals surface area contributed by atoms with Gasteiger partial charge in [0.1, 0.15) is 17.4 Å². The molecular weight excluding hydrogens is 452 g/mol. The first-order valence-electron chi connectivity index (χ1n) is 11.0. The Balaban J connectivity index is 1.31. The van der Waals surface area contributed by atoms with E-state index >= 15 is 0 Å². The number of methoxy groups -OCH3 is 1. The van der Waals surface area contributed by atoms with Gasteiger partial charge in [-0.3, -0.25) is 4.79 Å². The maximum Gasteiger partial charge on any atom is 0.243 e. The summed E-state index contributed by atoms with van der Waals surface area (Å²) in [5.74, 6) is 0.233. The van der Waals surface area contributed by atoms with Crippen LogP contribution in [0.15, 0.2) is 84.0 Å². The lowest BCUT2D eigenvalue weighted by atomic mass is 10.1. The number of nitrogens with one attached hydrogen (secondary N) is 1. The van der Waals surface area contributed by atoms with Crippen molar-refractivity contribution in [2.45, 2.75) is 23.8 Å². The molecule has 0 bridgehead atoms. The Morgan fingerprint density at radius 1 is 1.06 bits per heavy atom. The van der Waals surface area contributed by atoms with E-state index in [4.69, 9.17) is 4.74 Å². The van der Waals surface area contributed by atoms with E-state index in [0.29, 0.717) is 30.8 Å². The third-order valence-corrected chi connectivity index (χ3v) is 7.91. The summed E-state index contributed by atoms with van der Waals surface area (Å²) >= 11 is 0. The Bertz CT molecular complexity index is 1400. The number of hydrogen-bond donors (Lipinski definition) is 1. The van der Waals surface area contributed by atoms with Crippen LogP contribution in [0.1, 0.15) is 12.8 Å². The van der Waals surface area contributed by atoms with E-state index in [0.717, 1.165) is 16.9 Å². The highest BCUT2D eigenvalue weighted by Gasteiger charge is 2.39. The Morgan fingerprint density at radius 2 is 1.82 bits per heavy atom. The smallest absolute Gasteiger partial charge is 0.243 e. The number of rotatable bonds is 6. The summed E-state index contributed by atoms with van der Waals surface area (Å²) in [6.45, 7) is 0.305. The van der Waals surface area contributed by atoms with E-state index in [1.165, 1.54) is 23.5 Å². The van der Waals surface area contributed by atoms with Crippen LogP contribution in [0.2, 0.25) is 0 Å². The van der Waals surface area contributed by atoms with Crippen LogP contribution < -0.4 is 10.1 Å². The van der Waals surface area contributed by atoms with Crippen molar-refractivity contribution in [3.05, 3.63) is 79.1 Å². The summed E-state index contributed by atoms with van der Waals surface area (Å²) in [5, 5.41) is 2.87. The molecule has 34 heavy (non-hydrogen) atoms. The zero-order valence-electron chi connectivity index (χ0n) is 18.6. The number of hydrogen-bond acceptors (Lipinski definition) is 5. The van der Waals surface area contributed by atoms with Crippen molar-refractivity contribution in [2.75, 3.05) is 19.0 Å². The van der Waals surface area contributed by atoms with Gasteiger partial charge in [0, 0.05) is 30.2 Å². The van der Waals surface area contributed by atoms with Crippen LogP contribution in [0.4, 0.5) is 5.69 Å². The minimum atomic E-state index is -3.80. The monoisotopic (exact) mass is 476 g/mol. The van der Waals surface area contributed by atoms with Crippen LogP contribution in [0, 0.1) is 0 Å². The number of pyridine rings is 1. The molecule has 0 aliphatic carbocycles. The van der Waals surface area contributed by atoms with Crippen molar-refractivity contribution < 1.29 is 17.9 Å². The van der Waals surface area contributed by atoms with Gasteiger partial charge in [-0.2, -0.15) is 4.31 Å². The highest BCUT2D eigenvalue weighted by atomic mass is 32.2. The number of ether oxygens (including phenoxy) is 1. The quantitative estimate of drug-likeness (QED) is 0.457. The number of benzene rings is 2. The molecule has 1 aliphatic heterocycles. The number of imidazole rings is 1. The molecule has 1 amide bonds. The average Bonchev–Trinajstić information content (AvgIpc) is 3.52. The molecule has 8 nitrogen and oxygen atoms in total. The topological polar surface area (TPSA) is 93.0 Å². The lowest BCUT2D eigenvalue weighted by Crippen LogP contribution is -2.43. The third kappa shape index (κ3) is 4.15. The van der Waals surface area contributed by atoms with E-state index in [9.17, 15) is 13.2 Å². The number of carbonyl (C=O) groups is 1. The molecule has 2 aromatic carbocycles. The fraction of sp³-hybridized carbons (Fsp3) is 0.200. The molecule has 1 saturated heterocycles. The van der Waals surface area contributed by atoms with Crippen molar-refractivity contribution in [3.8, 4) is 17.0 Å². The zero-order valence-corrected chi connectivity index (χ0v) is 19.4. The number of carbonyl (C=O) groups excluding carboxylic acids is 1. The van der Waals surface area contributed by atoms with Crippen LogP contribution in [0.3, 0.4) is 0 Å². The number of fused-ring (bicyclic) bond motifs is 1. The SMILES string of the molecule is COc1ccc(S(=O)(=O)N2CCC[C@H]2C(=O)Nc2ccc(-c3cn4ccccc4n3)cc2)cc1. The molecule has 4 aromatic rings. The molecule has 1 N–H and O–H groups in total. The minimum absolute atomic E-state index is 0.143. The third-order valence-electron chi connectivity index (χ3n) is 5.98. The fourth-order valence-corrected chi connectivity index (χ4v) is 5.85. The predicted octanol–water partition coefficient (Wildman–Crippen LogP) is 3.80. The molecule has 1 atom stereocenters. The van der Waals surface area contributed by atoms with Crippen LogP contribution in [-0.2, 0) is 14.8 Å². The van der Waals surface area contributed by atoms with Gasteiger partial charge in [-0.1, -0.05) is 18.2 Å². The van der Waals surface area contributed by atoms with Gasteiger partial charge in [-0.05, 0) is 61.4 Å². The van der Waals surface area contributed by atoms with Gasteiger partial charge < -0.3 is 14.5 Å². The van der Waals surface area contributed by atoms with E-state index in [1.54, 1.807) is 24.3 Å². The Hall–Kier alpha value is -3.69. The van der Waals surface area contributed by atoms with Gasteiger partial charge in [0.15, 0.2) is 0 Å². The van der Waals surface area contributed by atoms with Gasteiger partial charge in [0.05, 0.1) is 17.7 Å². The number of aromatic nitrogens is 2. The van der Waals surface area contributed by atoms with E-state index in [1.807, 2.05) is 47.1 Å². The molecule has 9 heteroatoms. The molecule has 0 radical (unpaired) electrons. The van der Waals surface area contributed by atoms with Crippen LogP contribution >= 0.6 is 0 Å². The maximum atomic E-state index is 13.2. The molecule has 1 fully saturated rings. The van der Waals surface area contributed by atoms with E-state index < -0.39 is 16.1 Å². The molecule has 3 heterocycles. The lowest BCUT2D eigenvalue weighted by molar-refractivity contribution is -0.119. The summed E-state index contributed by atoms with van der Waals surface area (Å²) in [7, 11) is -2.28. The number of sulfonamides is 1. The first-order chi connectivity index (χ1) is 16.5. The lowest BCUT2D eigenvalue weighted by Gasteiger charge is -2.23. The highest BCUT2D eigenvalue weighted by Crippen LogP contribution is 2.28. The van der Waals surface area contributed by atoms with Crippen LogP contribution in [0.5, 0.6) is 5.75 Å². The van der Waals surface area contributed by atoms with Crippen molar-refractivity contribution in [3.63, 3.8) is 0 Å². The van der Waals surface area contributed by atoms with Crippen molar-refractivity contribution in [1.82, 2.24) is 13.7 Å². The average molecular weight is 477 g/mol. The Labute approximate surface area is 197 Å². The largest absolute Gasteiger partial charge is 0.497 e. The zero-order chi connectivity index (χ0) is 23.7. The predicted molar refractivity (Wildman–Crippen MR) is 129 cm³/mol. The second-order valence-corrected chi connectivity index (χ2v) is 10.00. The molecule has 5 rings (SSSR count). The standard InChI is InChI=1S/C25H24N4O4S/c1-33-20-11-13-21(14-12-20)34(31,32)29-16-4-5-23(29)25(30)26-19-9-7-18(8-10-19)22-17-28-15-3-2-6-24(28)27-22/h2-3,6-15,17,23H,4-5,16H2,1H3,(H,26,30)/t23-/m0/s1. The molecule has 0 spiro atoms. The van der Waals surface area contributed by atoms with Crippen molar-refractivity contribution >= 4 is 27.3 Å². The van der Waals surface area contributed by atoms with Gasteiger partial charge in [-0.15, -0.1) is 0 Å². The molecular formula is C25H24N4O4S. The van der Waals surface area contributed by atoms with Crippen LogP contribution in [0.25, 0.3) is 16.9 Å². The Morgan fingerprint density at radius 3 is 2.53 bits per heavy atom. The second kappa shape index (κ2) is 8.92. The summed E-state index contributed by atoms with van der Waals surface area (Å²) in [4.78, 5) is 17.8. The number of anilines is 1. The second-order valence-electron chi connectivity index (χ2n) is 8.11. The van der Waals surface area contributed by atoms with Crippen LogP contribution in [-0.4, -0.2) is 47.7 Å². The number of amides is 1. The Kier molecular flexibility index (Phi) is 5.80. The molecule has 2 aromatic heterocycles. The molecule has 174 valence electrons. The molecule has 0 saturated carbocycles. The molecule has 1 aliphatic rings. The van der Waals surface area contributed by atoms with E-state index in [2.05, 4.69) is 10.3 Å². The summed E-state index contributed by atoms with van der Waals surface area (Å²) in [5.41, 5.74) is 3.21. The summed E-state index contributed by atoms with van der Waals surface area (Å²) in [6.07, 6.45) is 4.98. The van der Waals surface area contributed by atoms with Gasteiger partial charge in [0.2, 0.25) is 15.9 Å². The molecule has 0 unspecified atom stereocenters. The minimum Gasteiger partial charge on any atom is -0.497 e. The first kappa shape index (κ1) is 22.1. The maximum absolute atomic E-state index is 13.2. The summed E-state index contributed by atoms with van der Waals surface area (Å²) < 4.78 is 34.7. The highest BCUT2D eigenvalue weighted by molar-refractivity contribution is 7.89. The number of nitrogens with zero attached hydrogens (tertiary/aromatic N) is 3. The fourth-order valence-electron chi connectivity index (χ4n) is 4.20. The van der Waals surface area contributed by atoms with Crippen molar-refractivity contribution in [1.29, 1.82) is 0 Å². The van der Waals surface area contributed by atoms with Gasteiger partial charge in [-0.25, -0.2) is 13.4 Å². The van der Waals surface area contributed by atoms with Gasteiger partial charge in [0.25, 0.3) is 0 Å². The van der Waals surface area contributed by atoms with Gasteiger partial charge >= 0.3 is 0 Å². The summed E-state index contributed by atoms with van der Waals surface area (Å²) in [6, 6.07) is 18.6. The first-order valence-corrected chi connectivity index (χ1v) is 12.4. The van der Waals surface area contributed by atoms with E-state index in [-0.39, 0.29) is 10.8 Å². The normalized spacial score (nSPS) is 16.6.